The van der Waals surface area contributed by atoms with Gasteiger partial charge in [0.05, 0.1) is 12.5 Å². The second-order valence-corrected chi connectivity index (χ2v) is 10.1. The molecule has 0 heterocycles. The summed E-state index contributed by atoms with van der Waals surface area (Å²) in [5.41, 5.74) is 0.267. The second-order valence-electron chi connectivity index (χ2n) is 8.89. The molecule has 2 rings (SSSR count). The van der Waals surface area contributed by atoms with Crippen molar-refractivity contribution in [3.05, 3.63) is 69.3 Å². The van der Waals surface area contributed by atoms with Crippen LogP contribution in [-0.2, 0) is 25.5 Å². The summed E-state index contributed by atoms with van der Waals surface area (Å²) in [6.07, 6.45) is 0.275. The van der Waals surface area contributed by atoms with E-state index < -0.39 is 41.3 Å². The number of rotatable bonds is 10. The molecule has 188 valence electrons. The normalized spacial score (nSPS) is 13.7. The highest BCUT2D eigenvalue weighted by Crippen LogP contribution is 2.22. The molecule has 2 aromatic carbocycles. The molecule has 0 saturated heterocycles. The number of halogens is 1. The predicted molar refractivity (Wildman–Crippen MR) is 142 cm³/mol. The van der Waals surface area contributed by atoms with E-state index in [2.05, 4.69) is 38.5 Å². The SMILES string of the molecule is COC(=O)[C@H](Cc1ccccc1)NC(=O)C(C)(C)C(C)NC(=O)[C@H](C)NC(=O)c1ccc(I)cc1. The molecule has 0 aromatic heterocycles. The molecule has 0 radical (unpaired) electrons. The highest BCUT2D eigenvalue weighted by Gasteiger charge is 2.38. The van der Waals surface area contributed by atoms with Crippen molar-refractivity contribution >= 4 is 46.3 Å². The fraction of sp³-hybridized carbons (Fsp3) is 0.385. The molecule has 0 spiro atoms. The van der Waals surface area contributed by atoms with Gasteiger partial charge in [0.25, 0.3) is 5.91 Å². The summed E-state index contributed by atoms with van der Waals surface area (Å²) >= 11 is 2.15. The molecule has 0 aliphatic heterocycles. The highest BCUT2D eigenvalue weighted by atomic mass is 127. The van der Waals surface area contributed by atoms with Crippen molar-refractivity contribution in [2.45, 2.75) is 52.2 Å². The minimum absolute atomic E-state index is 0.275. The van der Waals surface area contributed by atoms with Crippen LogP contribution in [0.4, 0.5) is 0 Å². The second kappa shape index (κ2) is 12.7. The lowest BCUT2D eigenvalue weighted by Gasteiger charge is -2.33. The summed E-state index contributed by atoms with van der Waals surface area (Å²) in [7, 11) is 1.27. The Bertz CT molecular complexity index is 1040. The van der Waals surface area contributed by atoms with Gasteiger partial charge in [0.15, 0.2) is 0 Å². The topological polar surface area (TPSA) is 114 Å². The number of methoxy groups -OCH3 is 1. The van der Waals surface area contributed by atoms with Crippen LogP contribution in [0.15, 0.2) is 54.6 Å². The van der Waals surface area contributed by atoms with Crippen molar-refractivity contribution in [1.82, 2.24) is 16.0 Å². The Balaban J connectivity index is 2.00. The number of hydrogen-bond acceptors (Lipinski definition) is 5. The maximum Gasteiger partial charge on any atom is 0.328 e. The number of esters is 1. The smallest absolute Gasteiger partial charge is 0.328 e. The summed E-state index contributed by atoms with van der Waals surface area (Å²) in [5, 5.41) is 8.23. The summed E-state index contributed by atoms with van der Waals surface area (Å²) in [5.74, 6) is -1.75. The minimum atomic E-state index is -1.06. The summed E-state index contributed by atoms with van der Waals surface area (Å²) in [4.78, 5) is 50.6. The zero-order valence-corrected chi connectivity index (χ0v) is 22.7. The molecule has 2 aromatic rings. The Morgan fingerprint density at radius 3 is 2.09 bits per heavy atom. The number of nitrogens with one attached hydrogen (secondary N) is 3. The van der Waals surface area contributed by atoms with E-state index >= 15 is 0 Å². The lowest BCUT2D eigenvalue weighted by Crippen LogP contribution is -2.57. The third kappa shape index (κ3) is 8.05. The number of carbonyl (C=O) groups excluding carboxylic acids is 4. The van der Waals surface area contributed by atoms with Crippen LogP contribution in [0.1, 0.15) is 43.6 Å². The summed E-state index contributed by atoms with van der Waals surface area (Å²) < 4.78 is 5.87. The van der Waals surface area contributed by atoms with Crippen LogP contribution in [0.25, 0.3) is 0 Å². The molecule has 0 saturated carbocycles. The van der Waals surface area contributed by atoms with E-state index in [1.54, 1.807) is 39.8 Å². The van der Waals surface area contributed by atoms with E-state index in [9.17, 15) is 19.2 Å². The van der Waals surface area contributed by atoms with Gasteiger partial charge in [-0.25, -0.2) is 4.79 Å². The summed E-state index contributed by atoms with van der Waals surface area (Å²) in [6, 6.07) is 14.0. The predicted octanol–water partition coefficient (Wildman–Crippen LogP) is 2.84. The van der Waals surface area contributed by atoms with Crippen molar-refractivity contribution in [3.8, 4) is 0 Å². The van der Waals surface area contributed by atoms with E-state index in [0.717, 1.165) is 9.13 Å². The van der Waals surface area contributed by atoms with Crippen molar-refractivity contribution in [2.24, 2.45) is 5.41 Å². The molecule has 3 amide bonds. The molecule has 3 atom stereocenters. The Morgan fingerprint density at radius 1 is 0.914 bits per heavy atom. The lowest BCUT2D eigenvalue weighted by atomic mass is 9.83. The third-order valence-corrected chi connectivity index (χ3v) is 6.67. The Morgan fingerprint density at radius 2 is 1.51 bits per heavy atom. The van der Waals surface area contributed by atoms with Gasteiger partial charge in [-0.3, -0.25) is 14.4 Å². The van der Waals surface area contributed by atoms with Crippen LogP contribution in [0, 0.1) is 8.99 Å². The first-order valence-corrected chi connectivity index (χ1v) is 12.3. The number of amides is 3. The van der Waals surface area contributed by atoms with E-state index in [0.29, 0.717) is 5.56 Å². The van der Waals surface area contributed by atoms with Gasteiger partial charge in [0, 0.05) is 21.6 Å². The zero-order valence-electron chi connectivity index (χ0n) is 20.6. The molecule has 0 fully saturated rings. The van der Waals surface area contributed by atoms with Gasteiger partial charge >= 0.3 is 5.97 Å². The first-order valence-electron chi connectivity index (χ1n) is 11.2. The first kappa shape index (κ1) is 28.3. The average Bonchev–Trinajstić information content (AvgIpc) is 2.83. The van der Waals surface area contributed by atoms with Crippen LogP contribution in [0.2, 0.25) is 0 Å². The van der Waals surface area contributed by atoms with Crippen LogP contribution < -0.4 is 16.0 Å². The van der Waals surface area contributed by atoms with Crippen LogP contribution in [-0.4, -0.2) is 48.9 Å². The molecule has 35 heavy (non-hydrogen) atoms. The lowest BCUT2D eigenvalue weighted by molar-refractivity contribution is -0.146. The van der Waals surface area contributed by atoms with Crippen LogP contribution in [0.3, 0.4) is 0 Å². The Hall–Kier alpha value is -2.95. The quantitative estimate of drug-likeness (QED) is 0.290. The molecule has 3 N–H and O–H groups in total. The third-order valence-electron chi connectivity index (χ3n) is 5.95. The fourth-order valence-corrected chi connectivity index (χ4v) is 3.55. The van der Waals surface area contributed by atoms with Gasteiger partial charge in [-0.2, -0.15) is 0 Å². The monoisotopic (exact) mass is 593 g/mol. The summed E-state index contributed by atoms with van der Waals surface area (Å²) in [6.45, 7) is 6.64. The molecular weight excluding hydrogens is 561 g/mol. The number of ether oxygens (including phenoxy) is 1. The average molecular weight is 593 g/mol. The molecule has 8 nitrogen and oxygen atoms in total. The molecule has 0 aliphatic carbocycles. The van der Waals surface area contributed by atoms with E-state index in [1.165, 1.54) is 7.11 Å². The zero-order chi connectivity index (χ0) is 26.2. The number of hydrogen-bond donors (Lipinski definition) is 3. The van der Waals surface area contributed by atoms with Gasteiger partial charge in [-0.1, -0.05) is 30.3 Å². The molecule has 1 unspecified atom stereocenters. The fourth-order valence-electron chi connectivity index (χ4n) is 3.19. The standard InChI is InChI=1S/C26H32IN3O5/c1-16(28-23(32)19-11-13-20(27)14-12-19)22(31)29-17(2)26(3,4)25(34)30-21(24(33)35-5)15-18-9-7-6-8-10-18/h6-14,16-17,21H,15H2,1-5H3,(H,28,32)(H,29,31)(H,30,34)/t16-,17?,21-/m0/s1. The molecule has 0 bridgehead atoms. The first-order chi connectivity index (χ1) is 16.4. The van der Waals surface area contributed by atoms with Crippen molar-refractivity contribution in [1.29, 1.82) is 0 Å². The van der Waals surface area contributed by atoms with Crippen molar-refractivity contribution in [2.75, 3.05) is 7.11 Å². The van der Waals surface area contributed by atoms with Crippen molar-refractivity contribution in [3.63, 3.8) is 0 Å². The maximum atomic E-state index is 13.1. The molecule has 0 aliphatic rings. The molecule has 9 heteroatoms. The molecular formula is C26H32IN3O5. The van der Waals surface area contributed by atoms with Gasteiger partial charge in [0.2, 0.25) is 11.8 Å². The van der Waals surface area contributed by atoms with Gasteiger partial charge in [-0.05, 0) is 80.1 Å². The maximum absolute atomic E-state index is 13.1. The van der Waals surface area contributed by atoms with Gasteiger partial charge in [0.1, 0.15) is 12.1 Å². The minimum Gasteiger partial charge on any atom is -0.467 e. The van der Waals surface area contributed by atoms with E-state index in [-0.39, 0.29) is 12.3 Å². The van der Waals surface area contributed by atoms with E-state index in [4.69, 9.17) is 4.74 Å². The highest BCUT2D eigenvalue weighted by molar-refractivity contribution is 14.1. The van der Waals surface area contributed by atoms with Gasteiger partial charge < -0.3 is 20.7 Å². The van der Waals surface area contributed by atoms with Crippen LogP contribution in [0.5, 0.6) is 0 Å². The Labute approximate surface area is 219 Å². The largest absolute Gasteiger partial charge is 0.467 e. The van der Waals surface area contributed by atoms with E-state index in [1.807, 2.05) is 42.5 Å². The van der Waals surface area contributed by atoms with Crippen molar-refractivity contribution < 1.29 is 23.9 Å². The number of carbonyl (C=O) groups is 4. The number of benzene rings is 2. The Kier molecular flexibility index (Phi) is 10.2. The van der Waals surface area contributed by atoms with Crippen LogP contribution >= 0.6 is 22.6 Å². The van der Waals surface area contributed by atoms with Gasteiger partial charge in [-0.15, -0.1) is 0 Å².